The van der Waals surface area contributed by atoms with Crippen molar-refractivity contribution < 1.29 is 23.1 Å². The minimum absolute atomic E-state index is 0.175. The van der Waals surface area contributed by atoms with Crippen LogP contribution >= 0.6 is 10.2 Å². The summed E-state index contributed by atoms with van der Waals surface area (Å²) in [5, 5.41) is 18.1. The topological polar surface area (TPSA) is 64.6 Å². The van der Waals surface area contributed by atoms with Crippen LogP contribution in [0.5, 0.6) is 0 Å². The van der Waals surface area contributed by atoms with E-state index in [0.29, 0.717) is 24.9 Å². The Kier molecular flexibility index (Phi) is 6.59. The molecule has 5 nitrogen and oxygen atoms in total. The second-order valence-corrected chi connectivity index (χ2v) is 11.3. The molecular weight excluding hydrogens is 439 g/mol. The monoisotopic (exact) mass is 467 g/mol. The van der Waals surface area contributed by atoms with Crippen molar-refractivity contribution in [3.63, 3.8) is 0 Å². The minimum Gasteiger partial charge on any atom is -0.390 e. The number of benzene rings is 1. The molecule has 1 aliphatic carbocycles. The van der Waals surface area contributed by atoms with Crippen LogP contribution in [0, 0.1) is 23.2 Å². The molecule has 32 heavy (non-hydrogen) atoms. The average Bonchev–Trinajstić information content (AvgIpc) is 3.63. The van der Waals surface area contributed by atoms with Crippen LogP contribution in [0.3, 0.4) is 0 Å². The van der Waals surface area contributed by atoms with Gasteiger partial charge in [-0.05, 0) is 78.1 Å². The zero-order chi connectivity index (χ0) is 23.7. The van der Waals surface area contributed by atoms with Gasteiger partial charge in [-0.1, -0.05) is 11.6 Å². The van der Waals surface area contributed by atoms with Crippen molar-refractivity contribution in [1.82, 2.24) is 9.62 Å². The summed E-state index contributed by atoms with van der Waals surface area (Å²) in [5.74, 6) is -3.41. The van der Waals surface area contributed by atoms with E-state index in [9.17, 15) is 18.0 Å². The van der Waals surface area contributed by atoms with E-state index >= 15 is 0 Å². The highest BCUT2D eigenvalue weighted by atomic mass is 32.3. The van der Waals surface area contributed by atoms with E-state index in [1.807, 2.05) is 13.8 Å². The molecule has 0 saturated heterocycles. The molecule has 0 unspecified atom stereocenters. The van der Waals surface area contributed by atoms with Crippen LogP contribution in [0.4, 0.5) is 18.9 Å². The molecule has 9 heteroatoms. The van der Waals surface area contributed by atoms with Crippen LogP contribution in [0.2, 0.25) is 0 Å². The summed E-state index contributed by atoms with van der Waals surface area (Å²) >= 11 is 0. The number of hydrogen-bond donors (Lipinski definition) is 3. The number of alkyl halides is 2. The van der Waals surface area contributed by atoms with Gasteiger partial charge in [0.25, 0.3) is 5.92 Å². The lowest BCUT2D eigenvalue weighted by Gasteiger charge is -2.35. The average molecular weight is 468 g/mol. The number of rotatable bonds is 11. The fraction of sp³-hybridized carbons (Fsp3) is 0.435. The first-order valence-electron chi connectivity index (χ1n) is 10.2. The quantitative estimate of drug-likeness (QED) is 0.254. The predicted octanol–water partition coefficient (Wildman–Crippen LogP) is 4.56. The Morgan fingerprint density at radius 2 is 2.00 bits per heavy atom. The van der Waals surface area contributed by atoms with E-state index in [-0.39, 0.29) is 11.5 Å². The third-order valence-electron chi connectivity index (χ3n) is 5.42. The van der Waals surface area contributed by atoms with Gasteiger partial charge in [-0.3, -0.25) is 4.79 Å². The molecule has 0 radical (unpaired) electrons. The second kappa shape index (κ2) is 8.75. The summed E-state index contributed by atoms with van der Waals surface area (Å²) in [6.45, 7) is 4.27. The normalized spacial score (nSPS) is 18.9. The highest BCUT2D eigenvalue weighted by Crippen LogP contribution is 2.75. The predicted molar refractivity (Wildman–Crippen MR) is 122 cm³/mol. The lowest BCUT2D eigenvalue weighted by molar-refractivity contribution is -0.115. The summed E-state index contributed by atoms with van der Waals surface area (Å²) in [5.41, 5.74) is 2.26. The third kappa shape index (κ3) is 5.08. The van der Waals surface area contributed by atoms with Gasteiger partial charge < -0.3 is 20.0 Å². The van der Waals surface area contributed by atoms with Crippen LogP contribution in [-0.2, 0) is 4.79 Å². The molecule has 0 atom stereocenters. The van der Waals surface area contributed by atoms with E-state index in [4.69, 9.17) is 5.11 Å². The molecule has 1 saturated carbocycles. The Morgan fingerprint density at radius 1 is 1.34 bits per heavy atom. The number of carbonyl (C=O) groups excluding carboxylic acids is 1. The van der Waals surface area contributed by atoms with Crippen molar-refractivity contribution in [1.29, 1.82) is 0 Å². The van der Waals surface area contributed by atoms with E-state index in [1.54, 1.807) is 25.1 Å². The summed E-state index contributed by atoms with van der Waals surface area (Å²) in [6.07, 6.45) is 3.00. The maximum atomic E-state index is 14.5. The number of aliphatic hydroxyl groups is 1. The number of aryl methyl sites for hydroxylation is 1. The van der Waals surface area contributed by atoms with E-state index < -0.39 is 39.7 Å². The van der Waals surface area contributed by atoms with E-state index in [1.165, 1.54) is 18.0 Å². The van der Waals surface area contributed by atoms with Gasteiger partial charge in [-0.2, -0.15) is 0 Å². The maximum absolute atomic E-state index is 14.5. The van der Waals surface area contributed by atoms with Crippen molar-refractivity contribution >= 4 is 22.3 Å². The lowest BCUT2D eigenvalue weighted by atomic mass is 10.2. The van der Waals surface area contributed by atoms with Gasteiger partial charge in [-0.15, -0.1) is 0 Å². The van der Waals surface area contributed by atoms with Gasteiger partial charge >= 0.3 is 0 Å². The maximum Gasteiger partial charge on any atom is 0.272 e. The van der Waals surface area contributed by atoms with Crippen molar-refractivity contribution in [3.05, 3.63) is 52.7 Å². The number of halogens is 3. The zero-order valence-electron chi connectivity index (χ0n) is 18.6. The molecule has 1 amide bonds. The lowest BCUT2D eigenvalue weighted by Crippen LogP contribution is -2.35. The van der Waals surface area contributed by atoms with Gasteiger partial charge in [0.2, 0.25) is 6.41 Å². The summed E-state index contributed by atoms with van der Waals surface area (Å²) in [7, 11) is -0.584. The number of amides is 1. The van der Waals surface area contributed by atoms with Crippen molar-refractivity contribution in [3.8, 4) is 10.5 Å². The SMILES string of the molecule is CC(C)=C/C(NS1(C2(CC(F)(F)CO)CC2)C#C1)=C(/Nc1ccc(C)cc1F)N(C)C=O. The third-order valence-corrected chi connectivity index (χ3v) is 8.41. The Bertz CT molecular complexity index is 1030. The molecule has 0 spiro atoms. The Labute approximate surface area is 188 Å². The van der Waals surface area contributed by atoms with Crippen molar-refractivity contribution in [2.45, 2.75) is 50.7 Å². The fourth-order valence-electron chi connectivity index (χ4n) is 3.52. The Morgan fingerprint density at radius 3 is 2.47 bits per heavy atom. The second-order valence-electron chi connectivity index (χ2n) is 8.60. The van der Waals surface area contributed by atoms with Crippen LogP contribution in [0.25, 0.3) is 0 Å². The molecule has 1 aliphatic heterocycles. The standard InChI is InChI=1S/C23H28F3N3O2S/c1-16(2)11-20(21(29(4)15-31)27-19-6-5-17(3)12-18(19)24)28-32(9-10-32)22(7-8-22)13-23(25,26)14-30/h5-6,11-12,15,27-28,30H,7-8,13-14H2,1-4H3/b21-20+. The van der Waals surface area contributed by atoms with Crippen molar-refractivity contribution in [2.24, 2.45) is 0 Å². The molecule has 0 bridgehead atoms. The molecule has 1 heterocycles. The molecular formula is C23H28F3N3O2S. The Balaban J connectivity index is 2.00. The number of carbonyl (C=O) groups is 1. The first-order chi connectivity index (χ1) is 15.0. The van der Waals surface area contributed by atoms with Crippen LogP contribution in [0.1, 0.15) is 38.7 Å². The van der Waals surface area contributed by atoms with E-state index in [0.717, 1.165) is 11.1 Å². The molecule has 1 aromatic rings. The van der Waals surface area contributed by atoms with Crippen LogP contribution in [-0.4, -0.2) is 40.7 Å². The van der Waals surface area contributed by atoms with Gasteiger partial charge in [0.15, 0.2) is 0 Å². The van der Waals surface area contributed by atoms with Crippen LogP contribution < -0.4 is 10.0 Å². The number of nitrogens with one attached hydrogen (secondary N) is 2. The van der Waals surface area contributed by atoms with Crippen molar-refractivity contribution in [2.75, 3.05) is 19.0 Å². The molecule has 174 valence electrons. The first kappa shape index (κ1) is 24.1. The van der Waals surface area contributed by atoms with Gasteiger partial charge in [0, 0.05) is 18.2 Å². The van der Waals surface area contributed by atoms with Gasteiger partial charge in [0.1, 0.15) is 18.2 Å². The number of hydrogen-bond acceptors (Lipinski definition) is 4. The summed E-state index contributed by atoms with van der Waals surface area (Å²) < 4.78 is 45.2. The number of aliphatic hydroxyl groups excluding tert-OH is 1. The summed E-state index contributed by atoms with van der Waals surface area (Å²) in [6, 6.07) is 4.69. The highest BCUT2D eigenvalue weighted by molar-refractivity contribution is 8.45. The fourth-order valence-corrected chi connectivity index (χ4v) is 6.23. The molecule has 3 rings (SSSR count). The summed E-state index contributed by atoms with van der Waals surface area (Å²) in [4.78, 5) is 12.9. The molecule has 2 aliphatic rings. The number of anilines is 1. The number of allylic oxidation sites excluding steroid dienone is 2. The van der Waals surface area contributed by atoms with Gasteiger partial charge in [0.05, 0.1) is 11.4 Å². The largest absolute Gasteiger partial charge is 0.390 e. The molecule has 1 aromatic carbocycles. The van der Waals surface area contributed by atoms with Gasteiger partial charge in [-0.25, -0.2) is 13.2 Å². The molecule has 0 aromatic heterocycles. The molecule has 1 fully saturated rings. The first-order valence-corrected chi connectivity index (χ1v) is 11.8. The Hall–Kier alpha value is -2.57. The zero-order valence-corrected chi connectivity index (χ0v) is 19.4. The van der Waals surface area contributed by atoms with Crippen LogP contribution in [0.15, 0.2) is 41.4 Å². The number of nitrogens with zero attached hydrogens (tertiary/aromatic N) is 1. The molecule has 3 N–H and O–H groups in total. The minimum atomic E-state index is -3.20. The smallest absolute Gasteiger partial charge is 0.272 e. The highest BCUT2D eigenvalue weighted by Gasteiger charge is 2.63. The van der Waals surface area contributed by atoms with E-state index in [2.05, 4.69) is 20.5 Å².